The van der Waals surface area contributed by atoms with E-state index in [0.717, 1.165) is 5.69 Å². The fourth-order valence-electron chi connectivity index (χ4n) is 2.31. The van der Waals surface area contributed by atoms with Crippen LogP contribution in [0.25, 0.3) is 10.9 Å². The summed E-state index contributed by atoms with van der Waals surface area (Å²) in [5.41, 5.74) is 7.38. The van der Waals surface area contributed by atoms with Crippen molar-refractivity contribution >= 4 is 28.6 Å². The topological polar surface area (TPSA) is 122 Å². The molecule has 7 nitrogen and oxygen atoms in total. The largest absolute Gasteiger partial charge is 0.480 e. The number of thioether (sulfide) groups is 1. The third-order valence-electron chi connectivity index (χ3n) is 3.56. The lowest BCUT2D eigenvalue weighted by molar-refractivity contribution is -0.138. The van der Waals surface area contributed by atoms with Crippen LogP contribution in [0, 0.1) is 0 Å². The van der Waals surface area contributed by atoms with Crippen LogP contribution < -0.4 is 11.3 Å². The highest BCUT2D eigenvalue weighted by Gasteiger charge is 2.13. The minimum absolute atomic E-state index is 0.166. The van der Waals surface area contributed by atoms with Crippen molar-refractivity contribution in [3.63, 3.8) is 0 Å². The van der Waals surface area contributed by atoms with Crippen LogP contribution >= 0.6 is 11.8 Å². The molecule has 4 N–H and O–H groups in total. The number of carboxylic acids is 1. The number of rotatable bonds is 6. The molecule has 0 aliphatic heterocycles. The molecule has 3 aromatic rings. The second kappa shape index (κ2) is 7.45. The Labute approximate surface area is 147 Å². The number of fused-ring (bicyclic) bond motifs is 1. The number of aromatic nitrogens is 3. The monoisotopic (exact) mass is 356 g/mol. The highest BCUT2D eigenvalue weighted by molar-refractivity contribution is 7.98. The average Bonchev–Trinajstić information content (AvgIpc) is 2.60. The Morgan fingerprint density at radius 2 is 1.92 bits per heavy atom. The van der Waals surface area contributed by atoms with E-state index in [4.69, 9.17) is 10.8 Å². The third kappa shape index (κ3) is 4.23. The first kappa shape index (κ1) is 17.1. The average molecular weight is 356 g/mol. The molecule has 8 heteroatoms. The molecule has 0 saturated carbocycles. The van der Waals surface area contributed by atoms with E-state index >= 15 is 0 Å². The van der Waals surface area contributed by atoms with Gasteiger partial charge in [0.2, 0.25) is 0 Å². The quantitative estimate of drug-likeness (QED) is 0.452. The maximum absolute atomic E-state index is 12.1. The zero-order valence-electron chi connectivity index (χ0n) is 13.2. The third-order valence-corrected chi connectivity index (χ3v) is 4.47. The minimum atomic E-state index is -1.06. The predicted octanol–water partition coefficient (Wildman–Crippen LogP) is 1.56. The number of hydrogen-bond donors (Lipinski definition) is 3. The number of carbonyl (C=O) groups is 1. The van der Waals surface area contributed by atoms with E-state index in [-0.39, 0.29) is 12.0 Å². The summed E-state index contributed by atoms with van der Waals surface area (Å²) in [6.45, 7) is 0. The van der Waals surface area contributed by atoms with Crippen molar-refractivity contribution in [1.82, 2.24) is 15.0 Å². The van der Waals surface area contributed by atoms with E-state index in [1.54, 1.807) is 24.3 Å². The molecule has 1 unspecified atom stereocenters. The summed E-state index contributed by atoms with van der Waals surface area (Å²) in [7, 11) is 0. The highest BCUT2D eigenvalue weighted by atomic mass is 32.2. The zero-order valence-corrected chi connectivity index (χ0v) is 14.0. The number of nitrogens with two attached hydrogens (primary N) is 1. The van der Waals surface area contributed by atoms with Gasteiger partial charge in [0.05, 0.1) is 16.6 Å². The maximum atomic E-state index is 12.1. The summed E-state index contributed by atoms with van der Waals surface area (Å²) < 4.78 is 0. The molecule has 3 rings (SSSR count). The van der Waals surface area contributed by atoms with Crippen LogP contribution in [0.3, 0.4) is 0 Å². The van der Waals surface area contributed by atoms with Crippen LogP contribution in [0.2, 0.25) is 0 Å². The van der Waals surface area contributed by atoms with Crippen LogP contribution in [0.1, 0.15) is 11.4 Å². The summed E-state index contributed by atoms with van der Waals surface area (Å²) in [4.78, 5) is 34.5. The highest BCUT2D eigenvalue weighted by Crippen LogP contribution is 2.19. The number of H-pyrrole nitrogens is 1. The molecule has 0 fully saturated rings. The number of pyridine rings is 1. The number of para-hydroxylation sites is 1. The Balaban J connectivity index is 1.73. The van der Waals surface area contributed by atoms with Crippen molar-refractivity contribution < 1.29 is 9.90 Å². The molecule has 0 saturated heterocycles. The fraction of sp³-hybridized carbons (Fsp3) is 0.176. The summed E-state index contributed by atoms with van der Waals surface area (Å²) >= 11 is 1.36. The number of carboxylic acid groups (broad SMARTS) is 1. The second-order valence-corrected chi connectivity index (χ2v) is 6.41. The standard InChI is InChI=1S/C17H16N4O3S/c18-13(16(23)24)8-10-4-3-5-11(19-10)9-25-17-20-14-7-2-1-6-12(14)15(22)21-17/h1-7,13H,8-9,18H2,(H,23,24)(H,20,21,22). The molecule has 0 amide bonds. The van der Waals surface area contributed by atoms with E-state index in [9.17, 15) is 9.59 Å². The molecule has 0 bridgehead atoms. The summed E-state index contributed by atoms with van der Waals surface area (Å²) in [6, 6.07) is 11.6. The van der Waals surface area contributed by atoms with E-state index in [1.807, 2.05) is 18.2 Å². The van der Waals surface area contributed by atoms with Crippen molar-refractivity contribution in [1.29, 1.82) is 0 Å². The minimum Gasteiger partial charge on any atom is -0.480 e. The molecular weight excluding hydrogens is 340 g/mol. The molecule has 0 aliphatic carbocycles. The Morgan fingerprint density at radius 3 is 2.72 bits per heavy atom. The first-order chi connectivity index (χ1) is 12.0. The van der Waals surface area contributed by atoms with Crippen LogP contribution in [-0.2, 0) is 17.0 Å². The molecule has 2 heterocycles. The molecular formula is C17H16N4O3S. The van der Waals surface area contributed by atoms with Gasteiger partial charge in [-0.05, 0) is 24.3 Å². The Kier molecular flexibility index (Phi) is 5.11. The number of hydrogen-bond acceptors (Lipinski definition) is 6. The van der Waals surface area contributed by atoms with Gasteiger partial charge in [0.15, 0.2) is 5.16 Å². The van der Waals surface area contributed by atoms with Gasteiger partial charge < -0.3 is 15.8 Å². The van der Waals surface area contributed by atoms with E-state index in [1.165, 1.54) is 11.8 Å². The van der Waals surface area contributed by atoms with Gasteiger partial charge in [-0.15, -0.1) is 0 Å². The summed E-state index contributed by atoms with van der Waals surface area (Å²) in [5, 5.41) is 9.94. The lowest BCUT2D eigenvalue weighted by Gasteiger charge is -2.07. The van der Waals surface area contributed by atoms with Crippen LogP contribution in [0.15, 0.2) is 52.4 Å². The van der Waals surface area contributed by atoms with E-state index in [0.29, 0.717) is 27.5 Å². The first-order valence-corrected chi connectivity index (χ1v) is 8.56. The first-order valence-electron chi connectivity index (χ1n) is 7.58. The van der Waals surface area contributed by atoms with Gasteiger partial charge in [-0.2, -0.15) is 0 Å². The molecule has 0 aliphatic rings. The molecule has 2 aromatic heterocycles. The molecule has 25 heavy (non-hydrogen) atoms. The number of aliphatic carboxylic acids is 1. The van der Waals surface area contributed by atoms with Gasteiger partial charge in [0.25, 0.3) is 5.56 Å². The van der Waals surface area contributed by atoms with Crippen molar-refractivity contribution in [2.75, 3.05) is 0 Å². The number of nitrogens with zero attached hydrogens (tertiary/aromatic N) is 2. The van der Waals surface area contributed by atoms with Gasteiger partial charge in [0, 0.05) is 17.9 Å². The molecule has 0 radical (unpaired) electrons. The number of benzene rings is 1. The van der Waals surface area contributed by atoms with Crippen molar-refractivity contribution in [2.45, 2.75) is 23.4 Å². The SMILES string of the molecule is NC(Cc1cccc(CSc2nc3ccccc3c(=O)[nH]2)n1)C(=O)O. The summed E-state index contributed by atoms with van der Waals surface area (Å²) in [5.74, 6) is -0.559. The maximum Gasteiger partial charge on any atom is 0.320 e. The van der Waals surface area contributed by atoms with Gasteiger partial charge in [-0.25, -0.2) is 4.98 Å². The lowest BCUT2D eigenvalue weighted by atomic mass is 10.1. The normalized spacial score (nSPS) is 12.2. The number of aromatic amines is 1. The lowest BCUT2D eigenvalue weighted by Crippen LogP contribution is -2.32. The summed E-state index contributed by atoms with van der Waals surface area (Å²) in [6.07, 6.45) is 0.166. The van der Waals surface area contributed by atoms with Crippen LogP contribution in [0.4, 0.5) is 0 Å². The smallest absolute Gasteiger partial charge is 0.320 e. The Morgan fingerprint density at radius 1 is 1.16 bits per heavy atom. The van der Waals surface area contributed by atoms with E-state index in [2.05, 4.69) is 15.0 Å². The number of nitrogens with one attached hydrogen (secondary N) is 1. The molecule has 1 atom stereocenters. The fourth-order valence-corrected chi connectivity index (χ4v) is 3.08. The van der Waals surface area contributed by atoms with E-state index < -0.39 is 12.0 Å². The second-order valence-electron chi connectivity index (χ2n) is 5.45. The molecule has 0 spiro atoms. The Bertz CT molecular complexity index is 973. The molecule has 1 aromatic carbocycles. The van der Waals surface area contributed by atoms with Crippen LogP contribution in [-0.4, -0.2) is 32.1 Å². The molecule has 128 valence electrons. The predicted molar refractivity (Wildman–Crippen MR) is 95.5 cm³/mol. The van der Waals surface area contributed by atoms with Crippen molar-refractivity contribution in [3.8, 4) is 0 Å². The van der Waals surface area contributed by atoms with Gasteiger partial charge in [-0.3, -0.25) is 14.6 Å². The van der Waals surface area contributed by atoms with Crippen molar-refractivity contribution in [3.05, 3.63) is 64.2 Å². The van der Waals surface area contributed by atoms with Crippen LogP contribution in [0.5, 0.6) is 0 Å². The zero-order chi connectivity index (χ0) is 17.8. The van der Waals surface area contributed by atoms with Gasteiger partial charge >= 0.3 is 5.97 Å². The van der Waals surface area contributed by atoms with Crippen molar-refractivity contribution in [2.24, 2.45) is 5.73 Å². The van der Waals surface area contributed by atoms with Gasteiger partial charge in [-0.1, -0.05) is 30.0 Å². The Hall–Kier alpha value is -2.71. The van der Waals surface area contributed by atoms with Gasteiger partial charge in [0.1, 0.15) is 6.04 Å².